The fraction of sp³-hybridized carbons (Fsp3) is 0.650. The molecule has 1 rings (SSSR count). The van der Waals surface area contributed by atoms with Crippen molar-refractivity contribution < 1.29 is 0 Å². The van der Waals surface area contributed by atoms with Crippen LogP contribution in [-0.2, 0) is 5.41 Å². The van der Waals surface area contributed by atoms with Crippen LogP contribution in [0.3, 0.4) is 0 Å². The first-order valence-electron chi connectivity index (χ1n) is 9.07. The predicted octanol–water partition coefficient (Wildman–Crippen LogP) is 3.25. The molecule has 0 unspecified atom stereocenters. The highest BCUT2D eigenvalue weighted by molar-refractivity contribution is 5.79. The van der Waals surface area contributed by atoms with Crippen molar-refractivity contribution >= 4 is 5.96 Å². The van der Waals surface area contributed by atoms with E-state index in [4.69, 9.17) is 0 Å². The predicted molar refractivity (Wildman–Crippen MR) is 106 cm³/mol. The van der Waals surface area contributed by atoms with Gasteiger partial charge >= 0.3 is 0 Å². The SMILES string of the molecule is CN=C(NCCCCN(C)C(C)C)NCC(C)(C)c1ccccc1. The van der Waals surface area contributed by atoms with E-state index in [1.807, 2.05) is 7.05 Å². The van der Waals surface area contributed by atoms with E-state index in [-0.39, 0.29) is 5.41 Å². The molecule has 0 saturated heterocycles. The highest BCUT2D eigenvalue weighted by Gasteiger charge is 2.20. The van der Waals surface area contributed by atoms with Gasteiger partial charge in [0, 0.05) is 31.6 Å². The maximum Gasteiger partial charge on any atom is 0.191 e. The molecule has 0 aliphatic rings. The first kappa shape index (κ1) is 20.5. The molecule has 0 bridgehead atoms. The van der Waals surface area contributed by atoms with Gasteiger partial charge in [-0.1, -0.05) is 44.2 Å². The summed E-state index contributed by atoms with van der Waals surface area (Å²) in [5.41, 5.74) is 1.41. The molecule has 0 atom stereocenters. The van der Waals surface area contributed by atoms with Gasteiger partial charge in [0.15, 0.2) is 5.96 Å². The number of nitrogens with one attached hydrogen (secondary N) is 2. The second kappa shape index (κ2) is 10.3. The van der Waals surface area contributed by atoms with Crippen molar-refractivity contribution in [1.82, 2.24) is 15.5 Å². The number of nitrogens with zero attached hydrogens (tertiary/aromatic N) is 2. The Morgan fingerprint density at radius 1 is 1.12 bits per heavy atom. The van der Waals surface area contributed by atoms with Crippen LogP contribution in [0.25, 0.3) is 0 Å². The maximum atomic E-state index is 4.33. The van der Waals surface area contributed by atoms with E-state index in [1.54, 1.807) is 0 Å². The highest BCUT2D eigenvalue weighted by atomic mass is 15.2. The van der Waals surface area contributed by atoms with Gasteiger partial charge in [0.25, 0.3) is 0 Å². The number of hydrogen-bond acceptors (Lipinski definition) is 2. The van der Waals surface area contributed by atoms with Crippen LogP contribution in [0.5, 0.6) is 0 Å². The summed E-state index contributed by atoms with van der Waals surface area (Å²) >= 11 is 0. The third kappa shape index (κ3) is 7.35. The van der Waals surface area contributed by atoms with Gasteiger partial charge in [0.2, 0.25) is 0 Å². The summed E-state index contributed by atoms with van der Waals surface area (Å²) in [6, 6.07) is 11.2. The maximum absolute atomic E-state index is 4.33. The summed E-state index contributed by atoms with van der Waals surface area (Å²) in [7, 11) is 4.02. The van der Waals surface area contributed by atoms with Crippen LogP contribution in [0.15, 0.2) is 35.3 Å². The van der Waals surface area contributed by atoms with E-state index < -0.39 is 0 Å². The first-order chi connectivity index (χ1) is 11.4. The zero-order valence-corrected chi connectivity index (χ0v) is 16.4. The van der Waals surface area contributed by atoms with E-state index >= 15 is 0 Å². The molecule has 0 saturated carbocycles. The van der Waals surface area contributed by atoms with Crippen molar-refractivity contribution in [3.8, 4) is 0 Å². The fourth-order valence-electron chi connectivity index (χ4n) is 2.47. The molecular weight excluding hydrogens is 296 g/mol. The summed E-state index contributed by atoms with van der Waals surface area (Å²) in [5.74, 6) is 0.885. The molecule has 0 aromatic heterocycles. The first-order valence-corrected chi connectivity index (χ1v) is 9.07. The highest BCUT2D eigenvalue weighted by Crippen LogP contribution is 2.21. The average Bonchev–Trinajstić information content (AvgIpc) is 2.57. The van der Waals surface area contributed by atoms with E-state index in [0.717, 1.165) is 32.0 Å². The lowest BCUT2D eigenvalue weighted by Gasteiger charge is -2.27. The van der Waals surface area contributed by atoms with Gasteiger partial charge in [-0.05, 0) is 45.8 Å². The van der Waals surface area contributed by atoms with Crippen LogP contribution in [0.2, 0.25) is 0 Å². The van der Waals surface area contributed by atoms with Gasteiger partial charge in [-0.3, -0.25) is 4.99 Å². The standard InChI is InChI=1S/C20H36N4/c1-17(2)24(6)15-11-10-14-22-19(21-5)23-16-20(3,4)18-12-8-7-9-13-18/h7-9,12-13,17H,10-11,14-16H2,1-6H3,(H2,21,22,23). The number of guanidine groups is 1. The number of aliphatic imine (C=N–C) groups is 1. The molecule has 4 heteroatoms. The largest absolute Gasteiger partial charge is 0.356 e. The lowest BCUT2D eigenvalue weighted by molar-refractivity contribution is 0.268. The van der Waals surface area contributed by atoms with E-state index in [9.17, 15) is 0 Å². The van der Waals surface area contributed by atoms with Gasteiger partial charge < -0.3 is 15.5 Å². The van der Waals surface area contributed by atoms with E-state index in [0.29, 0.717) is 6.04 Å². The zero-order valence-electron chi connectivity index (χ0n) is 16.4. The molecular formula is C20H36N4. The van der Waals surface area contributed by atoms with Crippen LogP contribution < -0.4 is 10.6 Å². The third-order valence-electron chi connectivity index (χ3n) is 4.59. The minimum absolute atomic E-state index is 0.0683. The Morgan fingerprint density at radius 2 is 1.79 bits per heavy atom. The van der Waals surface area contributed by atoms with E-state index in [1.165, 1.54) is 12.0 Å². The molecule has 0 spiro atoms. The Hall–Kier alpha value is -1.55. The Bertz CT molecular complexity index is 480. The molecule has 136 valence electrons. The number of unbranched alkanes of at least 4 members (excludes halogenated alkanes) is 1. The molecule has 0 fully saturated rings. The second-order valence-corrected chi connectivity index (χ2v) is 7.38. The lowest BCUT2D eigenvalue weighted by atomic mass is 9.85. The number of benzene rings is 1. The summed E-state index contributed by atoms with van der Waals surface area (Å²) < 4.78 is 0. The average molecular weight is 333 g/mol. The molecule has 0 aliphatic heterocycles. The normalized spacial score (nSPS) is 12.8. The molecule has 4 nitrogen and oxygen atoms in total. The minimum atomic E-state index is 0.0683. The van der Waals surface area contributed by atoms with Gasteiger partial charge in [0.1, 0.15) is 0 Å². The van der Waals surface area contributed by atoms with Crippen molar-refractivity contribution in [2.24, 2.45) is 4.99 Å². The molecule has 0 radical (unpaired) electrons. The van der Waals surface area contributed by atoms with Gasteiger partial charge in [-0.25, -0.2) is 0 Å². The fourth-order valence-corrected chi connectivity index (χ4v) is 2.47. The number of hydrogen-bond donors (Lipinski definition) is 2. The molecule has 1 aromatic rings. The van der Waals surface area contributed by atoms with Crippen molar-refractivity contribution in [3.05, 3.63) is 35.9 Å². The topological polar surface area (TPSA) is 39.7 Å². The summed E-state index contributed by atoms with van der Waals surface area (Å²) in [6.07, 6.45) is 2.36. The smallest absolute Gasteiger partial charge is 0.191 e. The van der Waals surface area contributed by atoms with Crippen LogP contribution in [0.1, 0.15) is 46.1 Å². The molecule has 1 aromatic carbocycles. The quantitative estimate of drug-likeness (QED) is 0.414. The van der Waals surface area contributed by atoms with Crippen molar-refractivity contribution in [1.29, 1.82) is 0 Å². The van der Waals surface area contributed by atoms with Crippen LogP contribution in [0.4, 0.5) is 0 Å². The van der Waals surface area contributed by atoms with Crippen molar-refractivity contribution in [3.63, 3.8) is 0 Å². The molecule has 0 aliphatic carbocycles. The van der Waals surface area contributed by atoms with E-state index in [2.05, 4.69) is 85.6 Å². The zero-order chi connectivity index (χ0) is 18.0. The second-order valence-electron chi connectivity index (χ2n) is 7.38. The van der Waals surface area contributed by atoms with Gasteiger partial charge in [-0.2, -0.15) is 0 Å². The van der Waals surface area contributed by atoms with Crippen LogP contribution in [0, 0.1) is 0 Å². The Balaban J connectivity index is 2.30. The van der Waals surface area contributed by atoms with Crippen molar-refractivity contribution in [2.75, 3.05) is 33.7 Å². The van der Waals surface area contributed by atoms with Crippen LogP contribution in [-0.4, -0.2) is 50.6 Å². The van der Waals surface area contributed by atoms with Gasteiger partial charge in [-0.15, -0.1) is 0 Å². The summed E-state index contributed by atoms with van der Waals surface area (Å²) in [6.45, 7) is 11.9. The molecule has 2 N–H and O–H groups in total. The monoisotopic (exact) mass is 332 g/mol. The molecule has 0 heterocycles. The summed E-state index contributed by atoms with van der Waals surface area (Å²) in [5, 5.41) is 6.87. The number of rotatable bonds is 9. The third-order valence-corrected chi connectivity index (χ3v) is 4.59. The summed E-state index contributed by atoms with van der Waals surface area (Å²) in [4.78, 5) is 6.71. The Labute approximate surface area is 148 Å². The van der Waals surface area contributed by atoms with Crippen molar-refractivity contribution in [2.45, 2.75) is 52.0 Å². The van der Waals surface area contributed by atoms with Crippen LogP contribution >= 0.6 is 0 Å². The minimum Gasteiger partial charge on any atom is -0.356 e. The Morgan fingerprint density at radius 3 is 2.38 bits per heavy atom. The lowest BCUT2D eigenvalue weighted by Crippen LogP contribution is -2.43. The van der Waals surface area contributed by atoms with Gasteiger partial charge in [0.05, 0.1) is 0 Å². The Kier molecular flexibility index (Phi) is 8.83. The molecule has 0 amide bonds. The molecule has 24 heavy (non-hydrogen) atoms.